The molecule has 0 amide bonds. The smallest absolute Gasteiger partial charge is 0.307 e. The van der Waals surface area contributed by atoms with Crippen molar-refractivity contribution in [2.45, 2.75) is 25.7 Å². The second-order valence-corrected chi connectivity index (χ2v) is 9.20. The van der Waals surface area contributed by atoms with Crippen molar-refractivity contribution in [1.82, 2.24) is 10.6 Å². The summed E-state index contributed by atoms with van der Waals surface area (Å²) >= 11 is 0. The molecular formula is C26H32N2O4. The number of rotatable bonds is 9. The Morgan fingerprint density at radius 3 is 1.56 bits per heavy atom. The first-order valence-electron chi connectivity index (χ1n) is 11.6. The van der Waals surface area contributed by atoms with Crippen molar-refractivity contribution in [3.63, 3.8) is 0 Å². The summed E-state index contributed by atoms with van der Waals surface area (Å²) in [6, 6.07) is 16.2. The molecule has 0 bridgehead atoms. The summed E-state index contributed by atoms with van der Waals surface area (Å²) in [7, 11) is 0. The fourth-order valence-electron chi connectivity index (χ4n) is 5.22. The standard InChI is InChI=1S/C26H32N2O4/c29-25(30)23(21-7-9-27-15-21)13-17-3-1-5-19(11-17)20-6-2-4-18(12-20)14-24(26(31)32)22-8-10-28-16-22/h1-6,11-12,21-24,27-28H,7-10,13-16H2,(H,29,30)(H,31,32)/t21-,22-,23-,24-/m1/s1. The lowest BCUT2D eigenvalue weighted by molar-refractivity contribution is -0.144. The molecule has 0 saturated carbocycles. The molecular weight excluding hydrogens is 404 g/mol. The van der Waals surface area contributed by atoms with Gasteiger partial charge in [0.25, 0.3) is 0 Å². The minimum Gasteiger partial charge on any atom is -0.481 e. The van der Waals surface area contributed by atoms with Crippen LogP contribution in [0.3, 0.4) is 0 Å². The van der Waals surface area contributed by atoms with Crippen molar-refractivity contribution in [2.75, 3.05) is 26.2 Å². The van der Waals surface area contributed by atoms with E-state index in [1.807, 2.05) is 36.4 Å². The second kappa shape index (κ2) is 10.3. The lowest BCUT2D eigenvalue weighted by Crippen LogP contribution is -2.27. The van der Waals surface area contributed by atoms with Gasteiger partial charge in [0, 0.05) is 0 Å². The summed E-state index contributed by atoms with van der Waals surface area (Å²) in [5, 5.41) is 26.1. The lowest BCUT2D eigenvalue weighted by atomic mass is 9.85. The molecule has 0 unspecified atom stereocenters. The number of aliphatic carboxylic acids is 2. The van der Waals surface area contributed by atoms with Gasteiger partial charge in [-0.2, -0.15) is 0 Å². The van der Waals surface area contributed by atoms with Crippen LogP contribution in [0.4, 0.5) is 0 Å². The van der Waals surface area contributed by atoms with Crippen LogP contribution >= 0.6 is 0 Å². The number of hydrogen-bond acceptors (Lipinski definition) is 4. The van der Waals surface area contributed by atoms with Gasteiger partial charge in [0.15, 0.2) is 0 Å². The van der Waals surface area contributed by atoms with E-state index in [0.29, 0.717) is 12.8 Å². The molecule has 32 heavy (non-hydrogen) atoms. The molecule has 2 heterocycles. The number of carboxylic acids is 2. The lowest BCUT2D eigenvalue weighted by Gasteiger charge is -2.20. The van der Waals surface area contributed by atoms with E-state index in [1.165, 1.54) is 0 Å². The minimum atomic E-state index is -0.729. The van der Waals surface area contributed by atoms with Crippen molar-refractivity contribution >= 4 is 11.9 Å². The first-order chi connectivity index (χ1) is 15.5. The van der Waals surface area contributed by atoms with Crippen LogP contribution in [-0.4, -0.2) is 48.3 Å². The second-order valence-electron chi connectivity index (χ2n) is 9.20. The Labute approximate surface area is 189 Å². The van der Waals surface area contributed by atoms with E-state index < -0.39 is 11.9 Å². The molecule has 2 aromatic rings. The molecule has 4 N–H and O–H groups in total. The molecule has 2 aromatic carbocycles. The molecule has 4 rings (SSSR count). The van der Waals surface area contributed by atoms with E-state index in [2.05, 4.69) is 22.8 Å². The van der Waals surface area contributed by atoms with Crippen LogP contribution < -0.4 is 10.6 Å². The molecule has 2 fully saturated rings. The molecule has 2 saturated heterocycles. The van der Waals surface area contributed by atoms with Crippen LogP contribution in [0.15, 0.2) is 48.5 Å². The Hall–Kier alpha value is -2.70. The molecule has 2 aliphatic heterocycles. The van der Waals surface area contributed by atoms with Crippen LogP contribution in [0.1, 0.15) is 24.0 Å². The third-order valence-electron chi connectivity index (χ3n) is 7.07. The molecule has 6 heteroatoms. The fraction of sp³-hybridized carbons (Fsp3) is 0.462. The Kier molecular flexibility index (Phi) is 7.22. The van der Waals surface area contributed by atoms with E-state index in [0.717, 1.165) is 61.3 Å². The number of nitrogens with one attached hydrogen (secondary N) is 2. The summed E-state index contributed by atoms with van der Waals surface area (Å²) in [6.45, 7) is 3.30. The largest absolute Gasteiger partial charge is 0.481 e. The SMILES string of the molecule is O=C(O)[C@H](Cc1cccc(-c2cccc(C[C@@H](C(=O)O)[C@@H]3CCNC3)c2)c1)[C@@H]1CCNC1. The molecule has 0 aliphatic carbocycles. The predicted octanol–water partition coefficient (Wildman–Crippen LogP) is 3.06. The number of hydrogen-bond donors (Lipinski definition) is 4. The molecule has 0 spiro atoms. The topological polar surface area (TPSA) is 98.7 Å². The predicted molar refractivity (Wildman–Crippen MR) is 123 cm³/mol. The van der Waals surface area contributed by atoms with Crippen molar-refractivity contribution in [3.8, 4) is 11.1 Å². The van der Waals surface area contributed by atoms with Crippen molar-refractivity contribution in [1.29, 1.82) is 0 Å². The highest BCUT2D eigenvalue weighted by molar-refractivity contribution is 5.72. The Bertz CT molecular complexity index is 871. The monoisotopic (exact) mass is 436 g/mol. The zero-order chi connectivity index (χ0) is 22.5. The van der Waals surface area contributed by atoms with Crippen LogP contribution in [0.2, 0.25) is 0 Å². The average Bonchev–Trinajstić information content (AvgIpc) is 3.50. The quantitative estimate of drug-likeness (QED) is 0.482. The van der Waals surface area contributed by atoms with Gasteiger partial charge < -0.3 is 20.8 Å². The summed E-state index contributed by atoms with van der Waals surface area (Å²) in [4.78, 5) is 23.8. The number of carbonyl (C=O) groups is 2. The summed E-state index contributed by atoms with van der Waals surface area (Å²) in [5.74, 6) is -1.90. The molecule has 170 valence electrons. The Balaban J connectivity index is 1.51. The van der Waals surface area contributed by atoms with Gasteiger partial charge in [0.1, 0.15) is 0 Å². The van der Waals surface area contributed by atoms with Crippen molar-refractivity contribution < 1.29 is 19.8 Å². The summed E-state index contributed by atoms with van der Waals surface area (Å²) < 4.78 is 0. The Morgan fingerprint density at radius 2 is 1.22 bits per heavy atom. The molecule has 4 atom stereocenters. The Morgan fingerprint density at radius 1 is 0.781 bits per heavy atom. The maximum Gasteiger partial charge on any atom is 0.307 e. The minimum absolute atomic E-state index is 0.164. The third-order valence-corrected chi connectivity index (χ3v) is 7.07. The highest BCUT2D eigenvalue weighted by Gasteiger charge is 2.31. The van der Waals surface area contributed by atoms with Gasteiger partial charge >= 0.3 is 11.9 Å². The fourth-order valence-corrected chi connectivity index (χ4v) is 5.22. The van der Waals surface area contributed by atoms with Crippen molar-refractivity contribution in [3.05, 3.63) is 59.7 Å². The number of carboxylic acid groups (broad SMARTS) is 2. The normalized spacial score (nSPS) is 22.5. The van der Waals surface area contributed by atoms with E-state index in [1.54, 1.807) is 0 Å². The zero-order valence-corrected chi connectivity index (χ0v) is 18.3. The molecule has 0 aromatic heterocycles. The molecule has 6 nitrogen and oxygen atoms in total. The van der Waals surface area contributed by atoms with E-state index in [9.17, 15) is 19.8 Å². The molecule has 2 aliphatic rings. The van der Waals surface area contributed by atoms with Gasteiger partial charge in [0.05, 0.1) is 11.8 Å². The van der Waals surface area contributed by atoms with E-state index >= 15 is 0 Å². The maximum atomic E-state index is 11.9. The van der Waals surface area contributed by atoms with Crippen LogP contribution in [0, 0.1) is 23.7 Å². The summed E-state index contributed by atoms with van der Waals surface area (Å²) in [5.41, 5.74) is 4.11. The van der Waals surface area contributed by atoms with Gasteiger partial charge in [-0.3, -0.25) is 9.59 Å². The molecule has 0 radical (unpaired) electrons. The van der Waals surface area contributed by atoms with Gasteiger partial charge in [-0.1, -0.05) is 48.5 Å². The van der Waals surface area contributed by atoms with Crippen LogP contribution in [0.5, 0.6) is 0 Å². The average molecular weight is 437 g/mol. The van der Waals surface area contributed by atoms with Crippen molar-refractivity contribution in [2.24, 2.45) is 23.7 Å². The van der Waals surface area contributed by atoms with E-state index in [-0.39, 0.29) is 23.7 Å². The van der Waals surface area contributed by atoms with E-state index in [4.69, 9.17) is 0 Å². The number of benzene rings is 2. The third kappa shape index (κ3) is 5.37. The van der Waals surface area contributed by atoms with Gasteiger partial charge in [-0.25, -0.2) is 0 Å². The van der Waals surface area contributed by atoms with Gasteiger partial charge in [-0.05, 0) is 86.0 Å². The van der Waals surface area contributed by atoms with Crippen LogP contribution in [-0.2, 0) is 22.4 Å². The highest BCUT2D eigenvalue weighted by Crippen LogP contribution is 2.29. The zero-order valence-electron chi connectivity index (χ0n) is 18.3. The first-order valence-corrected chi connectivity index (χ1v) is 11.6. The summed E-state index contributed by atoms with van der Waals surface area (Å²) in [6.07, 6.45) is 2.84. The highest BCUT2D eigenvalue weighted by atomic mass is 16.4. The van der Waals surface area contributed by atoms with Gasteiger partial charge in [-0.15, -0.1) is 0 Å². The maximum absolute atomic E-state index is 11.9. The van der Waals surface area contributed by atoms with Crippen LogP contribution in [0.25, 0.3) is 11.1 Å². The van der Waals surface area contributed by atoms with Gasteiger partial charge in [0.2, 0.25) is 0 Å². The first kappa shape index (κ1) is 22.5.